The Kier molecular flexibility index (Phi) is 6.68. The third-order valence-corrected chi connectivity index (χ3v) is 4.81. The van der Waals surface area contributed by atoms with Gasteiger partial charge in [-0.15, -0.1) is 0 Å². The lowest BCUT2D eigenvalue weighted by molar-refractivity contribution is 0.414. The predicted octanol–water partition coefficient (Wildman–Crippen LogP) is 3.66. The number of methoxy groups -OCH3 is 1. The summed E-state index contributed by atoms with van der Waals surface area (Å²) in [5.74, 6) is 1.36. The summed E-state index contributed by atoms with van der Waals surface area (Å²) in [6.45, 7) is 6.22. The van der Waals surface area contributed by atoms with Gasteiger partial charge >= 0.3 is 5.69 Å². The SMILES string of the molecule is CCCCNc1ncc2c(n1)n(Cc1ccc(OC)cc1)c(=O)n2CCCC. The molecule has 0 spiro atoms. The van der Waals surface area contributed by atoms with E-state index < -0.39 is 0 Å². The number of anilines is 1. The first kappa shape index (κ1) is 19.9. The van der Waals surface area contributed by atoms with Crippen LogP contribution < -0.4 is 15.7 Å². The zero-order chi connectivity index (χ0) is 19.9. The lowest BCUT2D eigenvalue weighted by atomic mass is 10.2. The normalized spacial score (nSPS) is 11.1. The molecule has 3 rings (SSSR count). The minimum atomic E-state index is -0.0423. The van der Waals surface area contributed by atoms with Crippen molar-refractivity contribution in [3.05, 3.63) is 46.5 Å². The molecule has 0 aliphatic rings. The number of hydrogen-bond acceptors (Lipinski definition) is 5. The number of hydrogen-bond donors (Lipinski definition) is 1. The average molecular weight is 383 g/mol. The van der Waals surface area contributed by atoms with E-state index in [-0.39, 0.29) is 5.69 Å². The van der Waals surface area contributed by atoms with Gasteiger partial charge in [0.15, 0.2) is 5.65 Å². The van der Waals surface area contributed by atoms with Gasteiger partial charge in [0.25, 0.3) is 0 Å². The maximum absolute atomic E-state index is 13.1. The molecule has 0 saturated heterocycles. The highest BCUT2D eigenvalue weighted by molar-refractivity contribution is 5.72. The smallest absolute Gasteiger partial charge is 0.330 e. The number of aryl methyl sites for hydroxylation is 1. The summed E-state index contributed by atoms with van der Waals surface area (Å²) in [6, 6.07) is 7.76. The molecular formula is C21H29N5O2. The zero-order valence-corrected chi connectivity index (χ0v) is 16.9. The van der Waals surface area contributed by atoms with Crippen LogP contribution in [0.1, 0.15) is 45.1 Å². The molecule has 150 valence electrons. The quantitative estimate of drug-likeness (QED) is 0.541. The minimum absolute atomic E-state index is 0.0423. The van der Waals surface area contributed by atoms with Crippen LogP contribution in [0.2, 0.25) is 0 Å². The Bertz CT molecular complexity index is 959. The molecule has 0 bridgehead atoms. The number of benzene rings is 1. The number of nitrogens with zero attached hydrogens (tertiary/aromatic N) is 4. The first-order valence-corrected chi connectivity index (χ1v) is 10.0. The number of fused-ring (bicyclic) bond motifs is 1. The van der Waals surface area contributed by atoms with Crippen molar-refractivity contribution in [1.82, 2.24) is 19.1 Å². The molecule has 2 heterocycles. The molecule has 0 atom stereocenters. The summed E-state index contributed by atoms with van der Waals surface area (Å²) >= 11 is 0. The first-order valence-electron chi connectivity index (χ1n) is 10.0. The maximum atomic E-state index is 13.1. The Balaban J connectivity index is 2.00. The average Bonchev–Trinajstić information content (AvgIpc) is 2.98. The summed E-state index contributed by atoms with van der Waals surface area (Å²) in [5, 5.41) is 3.25. The van der Waals surface area contributed by atoms with Crippen molar-refractivity contribution in [2.24, 2.45) is 0 Å². The lowest BCUT2D eigenvalue weighted by Gasteiger charge is -2.06. The van der Waals surface area contributed by atoms with Gasteiger partial charge < -0.3 is 10.1 Å². The minimum Gasteiger partial charge on any atom is -0.497 e. The number of nitrogens with one attached hydrogen (secondary N) is 1. The second-order valence-corrected chi connectivity index (χ2v) is 6.90. The molecular weight excluding hydrogens is 354 g/mol. The molecule has 7 heteroatoms. The highest BCUT2D eigenvalue weighted by atomic mass is 16.5. The standard InChI is InChI=1S/C21H29N5O2/c1-4-6-12-22-20-23-14-18-19(24-20)26(21(27)25(18)13-7-5-2)15-16-8-10-17(28-3)11-9-16/h8-11,14H,4-7,12-13,15H2,1-3H3,(H,22,23,24). The fraction of sp³-hybridized carbons (Fsp3) is 0.476. The van der Waals surface area contributed by atoms with Crippen molar-refractivity contribution in [3.63, 3.8) is 0 Å². The molecule has 0 aliphatic carbocycles. The fourth-order valence-corrected chi connectivity index (χ4v) is 3.15. The van der Waals surface area contributed by atoms with E-state index in [0.717, 1.165) is 49.1 Å². The predicted molar refractivity (Wildman–Crippen MR) is 112 cm³/mol. The van der Waals surface area contributed by atoms with Crippen LogP contribution in [0.3, 0.4) is 0 Å². The van der Waals surface area contributed by atoms with E-state index in [2.05, 4.69) is 29.1 Å². The van der Waals surface area contributed by atoms with Crippen molar-refractivity contribution in [2.45, 2.75) is 52.6 Å². The summed E-state index contributed by atoms with van der Waals surface area (Å²) in [7, 11) is 1.64. The Hall–Kier alpha value is -2.83. The molecule has 0 amide bonds. The van der Waals surface area contributed by atoms with E-state index in [4.69, 9.17) is 4.74 Å². The topological polar surface area (TPSA) is 74.0 Å². The van der Waals surface area contributed by atoms with Gasteiger partial charge in [-0.1, -0.05) is 38.8 Å². The van der Waals surface area contributed by atoms with Crippen LogP contribution in [0.15, 0.2) is 35.3 Å². The van der Waals surface area contributed by atoms with Gasteiger partial charge in [0.2, 0.25) is 5.95 Å². The molecule has 0 saturated carbocycles. The van der Waals surface area contributed by atoms with Crippen molar-refractivity contribution >= 4 is 17.1 Å². The van der Waals surface area contributed by atoms with Crippen molar-refractivity contribution in [2.75, 3.05) is 19.0 Å². The Morgan fingerprint density at radius 2 is 1.82 bits per heavy atom. The van der Waals surface area contributed by atoms with Crippen LogP contribution in [0.25, 0.3) is 11.2 Å². The molecule has 3 aromatic rings. The highest BCUT2D eigenvalue weighted by Crippen LogP contribution is 2.17. The van der Waals surface area contributed by atoms with Crippen LogP contribution in [0.4, 0.5) is 5.95 Å². The third kappa shape index (κ3) is 4.35. The van der Waals surface area contributed by atoms with Gasteiger partial charge in [0, 0.05) is 13.1 Å². The third-order valence-electron chi connectivity index (χ3n) is 4.81. The van der Waals surface area contributed by atoms with Gasteiger partial charge in [-0.3, -0.25) is 9.13 Å². The fourth-order valence-electron chi connectivity index (χ4n) is 3.15. The van der Waals surface area contributed by atoms with Gasteiger partial charge in [0.1, 0.15) is 11.3 Å². The van der Waals surface area contributed by atoms with Gasteiger partial charge in [-0.25, -0.2) is 9.78 Å². The molecule has 0 unspecified atom stereocenters. The number of ether oxygens (including phenoxy) is 1. The highest BCUT2D eigenvalue weighted by Gasteiger charge is 2.16. The van der Waals surface area contributed by atoms with E-state index in [9.17, 15) is 4.79 Å². The Morgan fingerprint density at radius 3 is 2.50 bits per heavy atom. The molecule has 0 aliphatic heterocycles. The number of aromatic nitrogens is 4. The molecule has 1 aromatic carbocycles. The first-order chi connectivity index (χ1) is 13.7. The summed E-state index contributed by atoms with van der Waals surface area (Å²) in [4.78, 5) is 22.2. The van der Waals surface area contributed by atoms with Gasteiger partial charge in [0.05, 0.1) is 19.9 Å². The Labute approximate surface area is 165 Å². The summed E-state index contributed by atoms with van der Waals surface area (Å²) < 4.78 is 8.75. The number of rotatable bonds is 10. The van der Waals surface area contributed by atoms with Crippen LogP contribution in [-0.2, 0) is 13.1 Å². The Morgan fingerprint density at radius 1 is 1.07 bits per heavy atom. The second kappa shape index (κ2) is 9.39. The maximum Gasteiger partial charge on any atom is 0.330 e. The molecule has 7 nitrogen and oxygen atoms in total. The summed E-state index contributed by atoms with van der Waals surface area (Å²) in [6.07, 6.45) is 5.88. The molecule has 0 fully saturated rings. The largest absolute Gasteiger partial charge is 0.497 e. The van der Waals surface area contributed by atoms with E-state index >= 15 is 0 Å². The molecule has 28 heavy (non-hydrogen) atoms. The van der Waals surface area contributed by atoms with E-state index in [0.29, 0.717) is 24.7 Å². The second-order valence-electron chi connectivity index (χ2n) is 6.90. The van der Waals surface area contributed by atoms with Gasteiger partial charge in [-0.2, -0.15) is 4.98 Å². The van der Waals surface area contributed by atoms with Crippen LogP contribution in [0.5, 0.6) is 5.75 Å². The monoisotopic (exact) mass is 383 g/mol. The van der Waals surface area contributed by atoms with Crippen molar-refractivity contribution < 1.29 is 4.74 Å². The van der Waals surface area contributed by atoms with Crippen LogP contribution >= 0.6 is 0 Å². The lowest BCUT2D eigenvalue weighted by Crippen LogP contribution is -2.25. The zero-order valence-electron chi connectivity index (χ0n) is 16.9. The molecule has 2 aromatic heterocycles. The van der Waals surface area contributed by atoms with Crippen molar-refractivity contribution in [1.29, 1.82) is 0 Å². The number of unbranched alkanes of at least 4 members (excludes halogenated alkanes) is 2. The van der Waals surface area contributed by atoms with Crippen molar-refractivity contribution in [3.8, 4) is 5.75 Å². The van der Waals surface area contributed by atoms with E-state index in [1.54, 1.807) is 22.4 Å². The number of imidazole rings is 1. The molecule has 1 N–H and O–H groups in total. The van der Waals surface area contributed by atoms with E-state index in [1.165, 1.54) is 0 Å². The van der Waals surface area contributed by atoms with Gasteiger partial charge in [-0.05, 0) is 30.5 Å². The molecule has 0 radical (unpaired) electrons. The van der Waals surface area contributed by atoms with Crippen LogP contribution in [-0.4, -0.2) is 32.8 Å². The summed E-state index contributed by atoms with van der Waals surface area (Å²) in [5.41, 5.74) is 2.44. The van der Waals surface area contributed by atoms with Crippen LogP contribution in [0, 0.1) is 0 Å². The van der Waals surface area contributed by atoms with E-state index in [1.807, 2.05) is 24.3 Å².